The van der Waals surface area contributed by atoms with E-state index in [0.29, 0.717) is 0 Å². The lowest BCUT2D eigenvalue weighted by atomic mass is 9.95. The summed E-state index contributed by atoms with van der Waals surface area (Å²) >= 11 is 0. The summed E-state index contributed by atoms with van der Waals surface area (Å²) in [7, 11) is 0. The molecule has 3 rings (SSSR count). The fourth-order valence-corrected chi connectivity index (χ4v) is 3.08. The van der Waals surface area contributed by atoms with Gasteiger partial charge in [-0.05, 0) is 38.4 Å². The molecule has 21 heavy (non-hydrogen) atoms. The van der Waals surface area contributed by atoms with Crippen LogP contribution in [0.15, 0.2) is 28.7 Å². The zero-order valence-corrected chi connectivity index (χ0v) is 13.0. The Hall–Kier alpha value is -1.74. The highest BCUT2D eigenvalue weighted by Crippen LogP contribution is 2.37. The van der Waals surface area contributed by atoms with E-state index in [1.807, 2.05) is 13.8 Å². The van der Waals surface area contributed by atoms with Gasteiger partial charge < -0.3 is 14.5 Å². The number of rotatable bonds is 5. The third-order valence-corrected chi connectivity index (χ3v) is 4.04. The van der Waals surface area contributed by atoms with E-state index in [4.69, 9.17) is 9.15 Å². The van der Waals surface area contributed by atoms with Gasteiger partial charge in [-0.1, -0.05) is 25.1 Å². The van der Waals surface area contributed by atoms with E-state index in [0.717, 1.165) is 43.3 Å². The van der Waals surface area contributed by atoms with Crippen molar-refractivity contribution in [2.24, 2.45) is 0 Å². The van der Waals surface area contributed by atoms with Crippen molar-refractivity contribution in [1.82, 2.24) is 5.32 Å². The molecule has 1 aliphatic heterocycles. The van der Waals surface area contributed by atoms with Crippen LogP contribution in [-0.2, 0) is 6.42 Å². The van der Waals surface area contributed by atoms with Crippen LogP contribution in [0, 0.1) is 13.8 Å². The number of aryl methyl sites for hydroxylation is 2. The molecule has 1 aliphatic rings. The summed E-state index contributed by atoms with van der Waals surface area (Å²) in [6.07, 6.45) is 2.11. The average molecular weight is 285 g/mol. The predicted molar refractivity (Wildman–Crippen MR) is 84.0 cm³/mol. The zero-order valence-electron chi connectivity index (χ0n) is 13.0. The van der Waals surface area contributed by atoms with Crippen molar-refractivity contribution in [3.8, 4) is 5.75 Å². The molecule has 1 aromatic heterocycles. The monoisotopic (exact) mass is 285 g/mol. The summed E-state index contributed by atoms with van der Waals surface area (Å²) in [5.74, 6) is 3.00. The van der Waals surface area contributed by atoms with E-state index in [9.17, 15) is 0 Å². The first kappa shape index (κ1) is 14.2. The SMILES string of the molecule is CCCNC(c1cc(C)oc1C)c1cccc2c1OCC2. The zero-order chi connectivity index (χ0) is 14.8. The summed E-state index contributed by atoms with van der Waals surface area (Å²) in [5.41, 5.74) is 3.75. The molecule has 3 heteroatoms. The largest absolute Gasteiger partial charge is 0.493 e. The van der Waals surface area contributed by atoms with Gasteiger partial charge in [0.15, 0.2) is 0 Å². The average Bonchev–Trinajstić information content (AvgIpc) is 3.06. The van der Waals surface area contributed by atoms with Crippen molar-refractivity contribution >= 4 is 0 Å². The standard InChI is InChI=1S/C18H23NO2/c1-4-9-19-17(16-11-12(2)21-13(16)3)15-7-5-6-14-8-10-20-18(14)15/h5-7,11,17,19H,4,8-10H2,1-3H3. The molecule has 0 fully saturated rings. The van der Waals surface area contributed by atoms with Gasteiger partial charge in [0.25, 0.3) is 0 Å². The van der Waals surface area contributed by atoms with E-state index < -0.39 is 0 Å². The quantitative estimate of drug-likeness (QED) is 0.904. The van der Waals surface area contributed by atoms with Crippen molar-refractivity contribution < 1.29 is 9.15 Å². The number of para-hydroxylation sites is 1. The minimum absolute atomic E-state index is 0.135. The highest BCUT2D eigenvalue weighted by molar-refractivity contribution is 5.49. The number of nitrogens with one attached hydrogen (secondary N) is 1. The van der Waals surface area contributed by atoms with Crippen LogP contribution in [0.4, 0.5) is 0 Å². The Labute approximate surface area is 126 Å². The van der Waals surface area contributed by atoms with E-state index >= 15 is 0 Å². The highest BCUT2D eigenvalue weighted by atomic mass is 16.5. The molecule has 0 saturated heterocycles. The summed E-state index contributed by atoms with van der Waals surface area (Å²) in [6, 6.07) is 8.73. The molecule has 3 nitrogen and oxygen atoms in total. The second-order valence-electron chi connectivity index (χ2n) is 5.69. The van der Waals surface area contributed by atoms with Crippen LogP contribution in [0.25, 0.3) is 0 Å². The van der Waals surface area contributed by atoms with Crippen molar-refractivity contribution in [2.75, 3.05) is 13.2 Å². The van der Waals surface area contributed by atoms with Gasteiger partial charge in [0.05, 0.1) is 12.6 Å². The maximum Gasteiger partial charge on any atom is 0.127 e. The van der Waals surface area contributed by atoms with Gasteiger partial charge in [0, 0.05) is 17.5 Å². The molecule has 1 aromatic carbocycles. The molecule has 0 saturated carbocycles. The number of hydrogen-bond donors (Lipinski definition) is 1. The minimum Gasteiger partial charge on any atom is -0.493 e. The van der Waals surface area contributed by atoms with Crippen molar-refractivity contribution in [1.29, 1.82) is 0 Å². The van der Waals surface area contributed by atoms with Gasteiger partial charge in [0.2, 0.25) is 0 Å². The fraction of sp³-hybridized carbons (Fsp3) is 0.444. The van der Waals surface area contributed by atoms with Gasteiger partial charge in [-0.15, -0.1) is 0 Å². The molecule has 0 radical (unpaired) electrons. The Morgan fingerprint density at radius 3 is 2.81 bits per heavy atom. The van der Waals surface area contributed by atoms with E-state index in [2.05, 4.69) is 36.5 Å². The topological polar surface area (TPSA) is 34.4 Å². The van der Waals surface area contributed by atoms with Gasteiger partial charge in [-0.2, -0.15) is 0 Å². The molecule has 1 N–H and O–H groups in total. The minimum atomic E-state index is 0.135. The first-order valence-corrected chi connectivity index (χ1v) is 7.75. The Balaban J connectivity index is 2.04. The molecule has 1 unspecified atom stereocenters. The van der Waals surface area contributed by atoms with Crippen molar-refractivity contribution in [3.63, 3.8) is 0 Å². The molecule has 2 aromatic rings. The lowest BCUT2D eigenvalue weighted by Crippen LogP contribution is -2.23. The smallest absolute Gasteiger partial charge is 0.127 e. The van der Waals surface area contributed by atoms with Crippen LogP contribution in [0.1, 0.15) is 47.6 Å². The third-order valence-electron chi connectivity index (χ3n) is 4.04. The second-order valence-corrected chi connectivity index (χ2v) is 5.69. The molecular weight excluding hydrogens is 262 g/mol. The first-order chi connectivity index (χ1) is 10.2. The van der Waals surface area contributed by atoms with E-state index in [-0.39, 0.29) is 6.04 Å². The molecule has 112 valence electrons. The van der Waals surface area contributed by atoms with Gasteiger partial charge in [-0.25, -0.2) is 0 Å². The molecule has 0 aliphatic carbocycles. The van der Waals surface area contributed by atoms with Gasteiger partial charge in [-0.3, -0.25) is 0 Å². The Morgan fingerprint density at radius 2 is 2.10 bits per heavy atom. The number of furan rings is 1. The van der Waals surface area contributed by atoms with Crippen LogP contribution in [-0.4, -0.2) is 13.2 Å². The summed E-state index contributed by atoms with van der Waals surface area (Å²) in [6.45, 7) is 7.98. The second kappa shape index (κ2) is 5.94. The number of fused-ring (bicyclic) bond motifs is 1. The van der Waals surface area contributed by atoms with Crippen LogP contribution in [0.2, 0.25) is 0 Å². The number of benzene rings is 1. The maximum absolute atomic E-state index is 5.89. The summed E-state index contributed by atoms with van der Waals surface area (Å²) < 4.78 is 11.6. The van der Waals surface area contributed by atoms with E-state index in [1.165, 1.54) is 16.7 Å². The normalized spacial score (nSPS) is 14.8. The summed E-state index contributed by atoms with van der Waals surface area (Å²) in [4.78, 5) is 0. The van der Waals surface area contributed by atoms with E-state index in [1.54, 1.807) is 0 Å². The molecule has 0 spiro atoms. The molecule has 0 amide bonds. The molecule has 0 bridgehead atoms. The van der Waals surface area contributed by atoms with Crippen LogP contribution < -0.4 is 10.1 Å². The Kier molecular flexibility index (Phi) is 4.02. The van der Waals surface area contributed by atoms with Crippen LogP contribution in [0.3, 0.4) is 0 Å². The summed E-state index contributed by atoms with van der Waals surface area (Å²) in [5, 5.41) is 3.65. The third kappa shape index (κ3) is 2.70. The number of ether oxygens (including phenoxy) is 1. The van der Waals surface area contributed by atoms with Gasteiger partial charge >= 0.3 is 0 Å². The fourth-order valence-electron chi connectivity index (χ4n) is 3.08. The lowest BCUT2D eigenvalue weighted by Gasteiger charge is -2.21. The highest BCUT2D eigenvalue weighted by Gasteiger charge is 2.25. The lowest BCUT2D eigenvalue weighted by molar-refractivity contribution is 0.350. The maximum atomic E-state index is 5.89. The van der Waals surface area contributed by atoms with Crippen molar-refractivity contribution in [3.05, 3.63) is 52.5 Å². The predicted octanol–water partition coefficient (Wildman–Crippen LogP) is 3.92. The molecule has 2 heterocycles. The molecule has 1 atom stereocenters. The van der Waals surface area contributed by atoms with Crippen LogP contribution >= 0.6 is 0 Å². The Bertz CT molecular complexity index is 630. The number of hydrogen-bond acceptors (Lipinski definition) is 3. The van der Waals surface area contributed by atoms with Crippen molar-refractivity contribution in [2.45, 2.75) is 39.7 Å². The van der Waals surface area contributed by atoms with Gasteiger partial charge in [0.1, 0.15) is 17.3 Å². The first-order valence-electron chi connectivity index (χ1n) is 7.75. The van der Waals surface area contributed by atoms with Crippen LogP contribution in [0.5, 0.6) is 5.75 Å². The Morgan fingerprint density at radius 1 is 1.24 bits per heavy atom. The molecular formula is C18H23NO2.